The van der Waals surface area contributed by atoms with Crippen LogP contribution < -0.4 is 4.74 Å². The van der Waals surface area contributed by atoms with E-state index in [-0.39, 0.29) is 12.2 Å². The summed E-state index contributed by atoms with van der Waals surface area (Å²) in [5.74, 6) is 2.04. The van der Waals surface area contributed by atoms with Crippen LogP contribution in [0.25, 0.3) is 0 Å². The molecule has 2 nitrogen and oxygen atoms in total. The van der Waals surface area contributed by atoms with Crippen molar-refractivity contribution in [2.75, 3.05) is 0 Å². The van der Waals surface area contributed by atoms with Crippen LogP contribution in [0.3, 0.4) is 0 Å². The number of hydrogen-bond acceptors (Lipinski definition) is 2. The second-order valence-corrected chi connectivity index (χ2v) is 6.21. The summed E-state index contributed by atoms with van der Waals surface area (Å²) in [5, 5.41) is 10.5. The summed E-state index contributed by atoms with van der Waals surface area (Å²) in [6, 6.07) is 7.93. The third-order valence-electron chi connectivity index (χ3n) is 4.02. The SMILES string of the molecule is CC1CCCC(C(O)c2ccc(OC(C)C)cc2)C1. The normalized spacial score (nSPS) is 25.3. The van der Waals surface area contributed by atoms with E-state index < -0.39 is 0 Å². The third-order valence-corrected chi connectivity index (χ3v) is 4.02. The van der Waals surface area contributed by atoms with Crippen molar-refractivity contribution < 1.29 is 9.84 Å². The third kappa shape index (κ3) is 3.97. The number of aliphatic hydroxyl groups is 1. The van der Waals surface area contributed by atoms with Gasteiger partial charge in [0.1, 0.15) is 5.75 Å². The highest BCUT2D eigenvalue weighted by molar-refractivity contribution is 5.29. The molecule has 1 aliphatic carbocycles. The Morgan fingerprint density at radius 3 is 2.42 bits per heavy atom. The van der Waals surface area contributed by atoms with Crippen LogP contribution in [0.2, 0.25) is 0 Å². The van der Waals surface area contributed by atoms with Crippen LogP contribution in [0.4, 0.5) is 0 Å². The van der Waals surface area contributed by atoms with Gasteiger partial charge in [0.05, 0.1) is 12.2 Å². The molecule has 1 aromatic rings. The van der Waals surface area contributed by atoms with Crippen molar-refractivity contribution in [2.24, 2.45) is 11.8 Å². The lowest BCUT2D eigenvalue weighted by atomic mass is 9.78. The highest BCUT2D eigenvalue weighted by Gasteiger charge is 2.26. The molecular weight excluding hydrogens is 236 g/mol. The van der Waals surface area contributed by atoms with Crippen LogP contribution in [0.5, 0.6) is 5.75 Å². The summed E-state index contributed by atoms with van der Waals surface area (Å²) in [6.07, 6.45) is 4.72. The zero-order valence-corrected chi connectivity index (χ0v) is 12.3. The van der Waals surface area contributed by atoms with Gasteiger partial charge in [0, 0.05) is 0 Å². The molecule has 0 radical (unpaired) electrons. The monoisotopic (exact) mass is 262 g/mol. The first-order valence-corrected chi connectivity index (χ1v) is 7.51. The highest BCUT2D eigenvalue weighted by Crippen LogP contribution is 2.37. The summed E-state index contributed by atoms with van der Waals surface area (Å²) in [4.78, 5) is 0. The number of benzene rings is 1. The van der Waals surface area contributed by atoms with E-state index in [2.05, 4.69) is 6.92 Å². The van der Waals surface area contributed by atoms with E-state index in [1.54, 1.807) is 0 Å². The molecule has 106 valence electrons. The van der Waals surface area contributed by atoms with Crippen LogP contribution in [0.15, 0.2) is 24.3 Å². The molecule has 19 heavy (non-hydrogen) atoms. The molecule has 2 rings (SSSR count). The standard InChI is InChI=1S/C17H26O2/c1-12(2)19-16-9-7-14(8-10-16)17(18)15-6-4-5-13(3)11-15/h7-10,12-13,15,17-18H,4-6,11H2,1-3H3. The van der Waals surface area contributed by atoms with Crippen molar-refractivity contribution >= 4 is 0 Å². The lowest BCUT2D eigenvalue weighted by Crippen LogP contribution is -2.20. The Morgan fingerprint density at radius 1 is 1.16 bits per heavy atom. The van der Waals surface area contributed by atoms with Crippen LogP contribution in [0.1, 0.15) is 58.1 Å². The van der Waals surface area contributed by atoms with Crippen molar-refractivity contribution in [2.45, 2.75) is 58.7 Å². The molecule has 3 unspecified atom stereocenters. The minimum atomic E-state index is -0.323. The Morgan fingerprint density at radius 2 is 1.84 bits per heavy atom. The lowest BCUT2D eigenvalue weighted by molar-refractivity contribution is 0.0713. The average molecular weight is 262 g/mol. The first-order chi connectivity index (χ1) is 9.06. The van der Waals surface area contributed by atoms with Crippen molar-refractivity contribution in [1.29, 1.82) is 0 Å². The molecule has 0 spiro atoms. The van der Waals surface area contributed by atoms with Gasteiger partial charge in [0.2, 0.25) is 0 Å². The molecular formula is C17H26O2. The van der Waals surface area contributed by atoms with Gasteiger partial charge in [-0.3, -0.25) is 0 Å². The largest absolute Gasteiger partial charge is 0.491 e. The van der Waals surface area contributed by atoms with Crippen LogP contribution in [-0.4, -0.2) is 11.2 Å². The Kier molecular flexibility index (Phi) is 4.87. The van der Waals surface area contributed by atoms with Crippen molar-refractivity contribution in [1.82, 2.24) is 0 Å². The van der Waals surface area contributed by atoms with Gasteiger partial charge in [-0.1, -0.05) is 31.9 Å². The van der Waals surface area contributed by atoms with Crippen LogP contribution in [0, 0.1) is 11.8 Å². The molecule has 3 atom stereocenters. The maximum absolute atomic E-state index is 10.5. The summed E-state index contributed by atoms with van der Waals surface area (Å²) in [5.41, 5.74) is 1.02. The minimum Gasteiger partial charge on any atom is -0.491 e. The van der Waals surface area contributed by atoms with Crippen molar-refractivity contribution in [3.8, 4) is 5.75 Å². The number of aliphatic hydroxyl groups excluding tert-OH is 1. The smallest absolute Gasteiger partial charge is 0.119 e. The topological polar surface area (TPSA) is 29.5 Å². The molecule has 0 aromatic heterocycles. The van der Waals surface area contributed by atoms with E-state index in [0.717, 1.165) is 30.1 Å². The summed E-state index contributed by atoms with van der Waals surface area (Å²) in [6.45, 7) is 6.33. The van der Waals surface area contributed by atoms with Gasteiger partial charge >= 0.3 is 0 Å². The zero-order valence-electron chi connectivity index (χ0n) is 12.3. The summed E-state index contributed by atoms with van der Waals surface area (Å²) < 4.78 is 5.63. The van der Waals surface area contributed by atoms with E-state index >= 15 is 0 Å². The first kappa shape index (κ1) is 14.4. The van der Waals surface area contributed by atoms with Crippen molar-refractivity contribution in [3.05, 3.63) is 29.8 Å². The zero-order chi connectivity index (χ0) is 13.8. The molecule has 1 saturated carbocycles. The second-order valence-electron chi connectivity index (χ2n) is 6.21. The van der Waals surface area contributed by atoms with Crippen LogP contribution >= 0.6 is 0 Å². The summed E-state index contributed by atoms with van der Waals surface area (Å²) >= 11 is 0. The maximum atomic E-state index is 10.5. The molecule has 0 amide bonds. The molecule has 1 aliphatic rings. The molecule has 0 saturated heterocycles. The predicted molar refractivity (Wildman–Crippen MR) is 78.3 cm³/mol. The van der Waals surface area contributed by atoms with E-state index in [9.17, 15) is 5.11 Å². The molecule has 1 N–H and O–H groups in total. The van der Waals surface area contributed by atoms with Gasteiger partial charge in [0.15, 0.2) is 0 Å². The van der Waals surface area contributed by atoms with Gasteiger partial charge in [-0.2, -0.15) is 0 Å². The Hall–Kier alpha value is -1.02. The molecule has 0 heterocycles. The fourth-order valence-corrected chi connectivity index (χ4v) is 3.06. The van der Waals surface area contributed by atoms with Gasteiger partial charge in [-0.25, -0.2) is 0 Å². The first-order valence-electron chi connectivity index (χ1n) is 7.51. The fraction of sp³-hybridized carbons (Fsp3) is 0.647. The maximum Gasteiger partial charge on any atom is 0.119 e. The molecule has 1 aromatic carbocycles. The quantitative estimate of drug-likeness (QED) is 0.875. The average Bonchev–Trinajstić information content (AvgIpc) is 2.38. The molecule has 0 aliphatic heterocycles. The van der Waals surface area contributed by atoms with E-state index in [1.165, 1.54) is 12.8 Å². The van der Waals surface area contributed by atoms with Gasteiger partial charge in [0.25, 0.3) is 0 Å². The number of rotatable bonds is 4. The molecule has 1 fully saturated rings. The number of hydrogen-bond donors (Lipinski definition) is 1. The van der Waals surface area contributed by atoms with E-state index in [0.29, 0.717) is 5.92 Å². The molecule has 2 heteroatoms. The van der Waals surface area contributed by atoms with Crippen LogP contribution in [-0.2, 0) is 0 Å². The Bertz CT molecular complexity index is 383. The predicted octanol–water partition coefficient (Wildman–Crippen LogP) is 4.33. The van der Waals surface area contributed by atoms with E-state index in [1.807, 2.05) is 38.1 Å². The van der Waals surface area contributed by atoms with Gasteiger partial charge in [-0.15, -0.1) is 0 Å². The lowest BCUT2D eigenvalue weighted by Gasteiger charge is -2.30. The van der Waals surface area contributed by atoms with Gasteiger partial charge < -0.3 is 9.84 Å². The number of ether oxygens (including phenoxy) is 1. The second kappa shape index (κ2) is 6.42. The Labute approximate surface area is 116 Å². The Balaban J connectivity index is 2.00. The highest BCUT2D eigenvalue weighted by atomic mass is 16.5. The van der Waals surface area contributed by atoms with Crippen molar-refractivity contribution in [3.63, 3.8) is 0 Å². The van der Waals surface area contributed by atoms with E-state index in [4.69, 9.17) is 4.74 Å². The fourth-order valence-electron chi connectivity index (χ4n) is 3.06. The van der Waals surface area contributed by atoms with Gasteiger partial charge in [-0.05, 0) is 56.2 Å². The summed E-state index contributed by atoms with van der Waals surface area (Å²) in [7, 11) is 0. The molecule has 0 bridgehead atoms. The minimum absolute atomic E-state index is 0.190.